The van der Waals surface area contributed by atoms with Crippen LogP contribution < -0.4 is 5.32 Å². The van der Waals surface area contributed by atoms with Gasteiger partial charge in [0.05, 0.1) is 5.25 Å². The van der Waals surface area contributed by atoms with Crippen molar-refractivity contribution in [2.45, 2.75) is 17.9 Å². The Hall–Kier alpha value is -0.740. The van der Waals surface area contributed by atoms with Gasteiger partial charge in [0.25, 0.3) is 0 Å². The van der Waals surface area contributed by atoms with Crippen molar-refractivity contribution in [1.82, 2.24) is 5.32 Å². The second-order valence-electron chi connectivity index (χ2n) is 3.30. The van der Waals surface area contributed by atoms with Crippen molar-refractivity contribution in [2.75, 3.05) is 7.05 Å². The number of rotatable bonds is 4. The van der Waals surface area contributed by atoms with Crippen LogP contribution in [0, 0.1) is 5.82 Å². The predicted octanol–water partition coefficient (Wildman–Crippen LogP) is 2.85. The second-order valence-corrected chi connectivity index (χ2v) is 5.04. The molecule has 1 aromatic rings. The fourth-order valence-electron chi connectivity index (χ4n) is 1.13. The van der Waals surface area contributed by atoms with E-state index in [1.54, 1.807) is 13.1 Å². The molecule has 1 aromatic carbocycles. The summed E-state index contributed by atoms with van der Waals surface area (Å²) in [6.45, 7) is 1.82. The van der Waals surface area contributed by atoms with Crippen LogP contribution in [0.2, 0.25) is 5.02 Å². The predicted molar refractivity (Wildman–Crippen MR) is 66.2 cm³/mol. The molecule has 5 heteroatoms. The lowest BCUT2D eigenvalue weighted by molar-refractivity contribution is -0.119. The number of hydrogen-bond acceptors (Lipinski definition) is 2. The molecule has 0 radical (unpaired) electrons. The zero-order valence-corrected chi connectivity index (χ0v) is 10.7. The van der Waals surface area contributed by atoms with Gasteiger partial charge in [-0.1, -0.05) is 17.7 Å². The molecule has 0 aliphatic heterocycles. The lowest BCUT2D eigenvalue weighted by Gasteiger charge is -2.10. The second kappa shape index (κ2) is 6.11. The molecular formula is C11H13ClFNOS. The Morgan fingerprint density at radius 2 is 2.31 bits per heavy atom. The summed E-state index contributed by atoms with van der Waals surface area (Å²) in [5.74, 6) is 0.217. The van der Waals surface area contributed by atoms with Crippen LogP contribution in [0.3, 0.4) is 0 Å². The molecule has 1 atom stereocenters. The van der Waals surface area contributed by atoms with Crippen molar-refractivity contribution in [3.63, 3.8) is 0 Å². The van der Waals surface area contributed by atoms with E-state index in [0.29, 0.717) is 10.8 Å². The molecule has 1 unspecified atom stereocenters. The number of amides is 1. The summed E-state index contributed by atoms with van der Waals surface area (Å²) in [5.41, 5.74) is 0.837. The van der Waals surface area contributed by atoms with E-state index < -0.39 is 0 Å². The van der Waals surface area contributed by atoms with Gasteiger partial charge in [0.15, 0.2) is 0 Å². The Labute approximate surface area is 104 Å². The van der Waals surface area contributed by atoms with Crippen molar-refractivity contribution in [1.29, 1.82) is 0 Å². The van der Waals surface area contributed by atoms with Crippen molar-refractivity contribution >= 4 is 29.3 Å². The number of thioether (sulfide) groups is 1. The molecule has 1 rings (SSSR count). The molecule has 0 heterocycles. The zero-order chi connectivity index (χ0) is 12.1. The van der Waals surface area contributed by atoms with Gasteiger partial charge in [-0.2, -0.15) is 0 Å². The molecule has 0 aliphatic carbocycles. The molecule has 0 fully saturated rings. The topological polar surface area (TPSA) is 29.1 Å². The van der Waals surface area contributed by atoms with Crippen LogP contribution in [0.5, 0.6) is 0 Å². The lowest BCUT2D eigenvalue weighted by atomic mass is 10.2. The first-order valence-corrected chi connectivity index (χ1v) is 6.24. The number of nitrogens with one attached hydrogen (secondary N) is 1. The molecule has 1 amide bonds. The van der Waals surface area contributed by atoms with Gasteiger partial charge in [-0.25, -0.2) is 4.39 Å². The fraction of sp³-hybridized carbons (Fsp3) is 0.364. The van der Waals surface area contributed by atoms with E-state index in [1.165, 1.54) is 23.9 Å². The Bertz CT molecular complexity index is 386. The minimum absolute atomic E-state index is 0.0248. The van der Waals surface area contributed by atoms with Gasteiger partial charge in [0, 0.05) is 17.8 Å². The maximum Gasteiger partial charge on any atom is 0.232 e. The number of carbonyl (C=O) groups excluding carboxylic acids is 1. The summed E-state index contributed by atoms with van der Waals surface area (Å²) in [6.07, 6.45) is 0. The van der Waals surface area contributed by atoms with E-state index in [9.17, 15) is 9.18 Å². The highest BCUT2D eigenvalue weighted by atomic mass is 35.5. The van der Waals surface area contributed by atoms with Gasteiger partial charge in [-0.15, -0.1) is 11.8 Å². The zero-order valence-electron chi connectivity index (χ0n) is 9.09. The average molecular weight is 262 g/mol. The van der Waals surface area contributed by atoms with Crippen molar-refractivity contribution in [2.24, 2.45) is 0 Å². The Morgan fingerprint density at radius 1 is 1.62 bits per heavy atom. The van der Waals surface area contributed by atoms with Crippen molar-refractivity contribution < 1.29 is 9.18 Å². The molecule has 16 heavy (non-hydrogen) atoms. The molecule has 0 bridgehead atoms. The largest absolute Gasteiger partial charge is 0.358 e. The number of carbonyl (C=O) groups is 1. The van der Waals surface area contributed by atoms with Crippen LogP contribution in [-0.2, 0) is 10.5 Å². The molecule has 1 N–H and O–H groups in total. The van der Waals surface area contributed by atoms with Gasteiger partial charge in [0.1, 0.15) is 5.82 Å². The average Bonchev–Trinajstić information content (AvgIpc) is 2.26. The summed E-state index contributed by atoms with van der Waals surface area (Å²) in [6, 6.07) is 4.29. The van der Waals surface area contributed by atoms with Crippen LogP contribution in [-0.4, -0.2) is 18.2 Å². The maximum atomic E-state index is 12.8. The van der Waals surface area contributed by atoms with E-state index in [-0.39, 0.29) is 17.0 Å². The highest BCUT2D eigenvalue weighted by Crippen LogP contribution is 2.24. The quantitative estimate of drug-likeness (QED) is 0.903. The first-order valence-electron chi connectivity index (χ1n) is 4.81. The lowest BCUT2D eigenvalue weighted by Crippen LogP contribution is -2.27. The molecule has 0 spiro atoms. The van der Waals surface area contributed by atoms with Crippen molar-refractivity contribution in [3.8, 4) is 0 Å². The summed E-state index contributed by atoms with van der Waals surface area (Å²) < 4.78 is 12.8. The first-order chi connectivity index (χ1) is 7.54. The van der Waals surface area contributed by atoms with Crippen LogP contribution in [0.4, 0.5) is 4.39 Å². The standard InChI is InChI=1S/C11H13ClFNOS/c1-7(11(15)14-2)16-6-8-3-4-9(13)5-10(8)12/h3-5,7H,6H2,1-2H3,(H,14,15). The number of halogens is 2. The molecule has 0 saturated heterocycles. The van der Waals surface area contributed by atoms with Crippen LogP contribution in [0.25, 0.3) is 0 Å². The van der Waals surface area contributed by atoms with Gasteiger partial charge >= 0.3 is 0 Å². The molecule has 2 nitrogen and oxygen atoms in total. The summed E-state index contributed by atoms with van der Waals surface area (Å²) in [5, 5.41) is 2.82. The summed E-state index contributed by atoms with van der Waals surface area (Å²) >= 11 is 7.34. The SMILES string of the molecule is CNC(=O)C(C)SCc1ccc(F)cc1Cl. The van der Waals surface area contributed by atoms with Gasteiger partial charge in [0.2, 0.25) is 5.91 Å². The third-order valence-corrected chi connectivity index (χ3v) is 3.66. The van der Waals surface area contributed by atoms with Gasteiger partial charge in [-0.3, -0.25) is 4.79 Å². The molecule has 88 valence electrons. The molecule has 0 aliphatic rings. The van der Waals surface area contributed by atoms with Gasteiger partial charge < -0.3 is 5.32 Å². The first kappa shape index (κ1) is 13.3. The van der Waals surface area contributed by atoms with E-state index in [2.05, 4.69) is 5.32 Å². The van der Waals surface area contributed by atoms with E-state index in [1.807, 2.05) is 6.92 Å². The summed E-state index contributed by atoms with van der Waals surface area (Å²) in [4.78, 5) is 11.2. The molecule has 0 aromatic heterocycles. The summed E-state index contributed by atoms with van der Waals surface area (Å²) in [7, 11) is 1.60. The van der Waals surface area contributed by atoms with Gasteiger partial charge in [-0.05, 0) is 24.6 Å². The monoisotopic (exact) mass is 261 g/mol. The minimum Gasteiger partial charge on any atom is -0.358 e. The van der Waals surface area contributed by atoms with Crippen molar-refractivity contribution in [3.05, 3.63) is 34.6 Å². The normalized spacial score (nSPS) is 12.2. The smallest absolute Gasteiger partial charge is 0.232 e. The Kier molecular flexibility index (Phi) is 5.09. The Morgan fingerprint density at radius 3 is 2.88 bits per heavy atom. The minimum atomic E-state index is -0.349. The highest BCUT2D eigenvalue weighted by molar-refractivity contribution is 7.99. The number of benzene rings is 1. The fourth-order valence-corrected chi connectivity index (χ4v) is 2.40. The third kappa shape index (κ3) is 3.68. The maximum absolute atomic E-state index is 12.8. The van der Waals surface area contributed by atoms with E-state index in [4.69, 9.17) is 11.6 Å². The highest BCUT2D eigenvalue weighted by Gasteiger charge is 2.12. The van der Waals surface area contributed by atoms with E-state index >= 15 is 0 Å². The third-order valence-electron chi connectivity index (χ3n) is 2.12. The van der Waals surface area contributed by atoms with Crippen LogP contribution in [0.1, 0.15) is 12.5 Å². The van der Waals surface area contributed by atoms with E-state index in [0.717, 1.165) is 5.56 Å². The number of hydrogen-bond donors (Lipinski definition) is 1. The van der Waals surface area contributed by atoms with Crippen LogP contribution >= 0.6 is 23.4 Å². The molecular weight excluding hydrogens is 249 g/mol. The van der Waals surface area contributed by atoms with Crippen LogP contribution in [0.15, 0.2) is 18.2 Å². The molecule has 0 saturated carbocycles. The Balaban J connectivity index is 2.58.